The summed E-state index contributed by atoms with van der Waals surface area (Å²) in [5.41, 5.74) is 0.436. The predicted octanol–water partition coefficient (Wildman–Crippen LogP) is 4.49. The molecule has 84 valence electrons. The van der Waals surface area contributed by atoms with Crippen LogP contribution in [0.15, 0.2) is 18.2 Å². The van der Waals surface area contributed by atoms with Gasteiger partial charge < -0.3 is 0 Å². The van der Waals surface area contributed by atoms with E-state index in [9.17, 15) is 8.78 Å². The summed E-state index contributed by atoms with van der Waals surface area (Å²) in [5.74, 6) is -0.390. The average Bonchev–Trinajstić information content (AvgIpc) is 2.19. The van der Waals surface area contributed by atoms with Crippen LogP contribution in [0.4, 0.5) is 8.78 Å². The fourth-order valence-electron chi connectivity index (χ4n) is 1.61. The molecule has 0 heterocycles. The number of hydrogen-bond donors (Lipinski definition) is 0. The van der Waals surface area contributed by atoms with Gasteiger partial charge in [-0.15, -0.1) is 0 Å². The lowest BCUT2D eigenvalue weighted by atomic mass is 9.91. The van der Waals surface area contributed by atoms with Crippen molar-refractivity contribution in [1.29, 1.82) is 0 Å². The van der Waals surface area contributed by atoms with E-state index in [1.165, 1.54) is 12.1 Å². The van der Waals surface area contributed by atoms with Crippen molar-refractivity contribution in [3.8, 4) is 0 Å². The lowest BCUT2D eigenvalue weighted by Gasteiger charge is -2.22. The molecule has 2 atom stereocenters. The third-order valence-corrected chi connectivity index (χ3v) is 4.41. The summed E-state index contributed by atoms with van der Waals surface area (Å²) in [6, 6.07) is 3.60. The second kappa shape index (κ2) is 5.06. The topological polar surface area (TPSA) is 0 Å². The normalized spacial score (nSPS) is 15.4. The SMILES string of the molecule is CC(C)C(Br)C(C)c1cc(F)ccc1F. The van der Waals surface area contributed by atoms with E-state index in [-0.39, 0.29) is 22.4 Å². The Kier molecular flexibility index (Phi) is 4.26. The molecule has 1 rings (SSSR count). The second-order valence-corrected chi connectivity index (χ2v) is 5.20. The Hall–Kier alpha value is -0.440. The first-order chi connectivity index (χ1) is 6.93. The van der Waals surface area contributed by atoms with Crippen molar-refractivity contribution in [3.05, 3.63) is 35.4 Å². The minimum Gasteiger partial charge on any atom is -0.207 e. The van der Waals surface area contributed by atoms with E-state index in [4.69, 9.17) is 0 Å². The molecule has 3 heteroatoms. The zero-order valence-corrected chi connectivity index (χ0v) is 10.7. The maximum Gasteiger partial charge on any atom is 0.126 e. The quantitative estimate of drug-likeness (QED) is 0.714. The number of hydrogen-bond acceptors (Lipinski definition) is 0. The zero-order valence-electron chi connectivity index (χ0n) is 9.10. The summed E-state index contributed by atoms with van der Waals surface area (Å²) in [4.78, 5) is 0.147. The first-order valence-corrected chi connectivity index (χ1v) is 5.94. The molecule has 0 aliphatic rings. The first-order valence-electron chi connectivity index (χ1n) is 5.02. The van der Waals surface area contributed by atoms with Gasteiger partial charge in [0, 0.05) is 4.83 Å². The van der Waals surface area contributed by atoms with Gasteiger partial charge in [-0.25, -0.2) is 8.78 Å². The molecular weight excluding hydrogens is 262 g/mol. The molecular formula is C12H15BrF2. The summed E-state index contributed by atoms with van der Waals surface area (Å²) < 4.78 is 26.4. The van der Waals surface area contributed by atoms with Crippen molar-refractivity contribution in [2.45, 2.75) is 31.5 Å². The van der Waals surface area contributed by atoms with Crippen molar-refractivity contribution in [3.63, 3.8) is 0 Å². The molecule has 2 unspecified atom stereocenters. The fourth-order valence-corrected chi connectivity index (χ4v) is 1.90. The molecule has 0 spiro atoms. The number of benzene rings is 1. The van der Waals surface area contributed by atoms with E-state index < -0.39 is 0 Å². The summed E-state index contributed by atoms with van der Waals surface area (Å²) in [6.07, 6.45) is 0. The molecule has 0 fully saturated rings. The lowest BCUT2D eigenvalue weighted by Crippen LogP contribution is -2.16. The highest BCUT2D eigenvalue weighted by molar-refractivity contribution is 9.09. The van der Waals surface area contributed by atoms with Crippen molar-refractivity contribution in [1.82, 2.24) is 0 Å². The predicted molar refractivity (Wildman–Crippen MR) is 62.3 cm³/mol. The average molecular weight is 277 g/mol. The summed E-state index contributed by atoms with van der Waals surface area (Å²) in [7, 11) is 0. The van der Waals surface area contributed by atoms with Crippen LogP contribution < -0.4 is 0 Å². The number of rotatable bonds is 3. The minimum absolute atomic E-state index is 0.0410. The van der Waals surface area contributed by atoms with E-state index in [0.29, 0.717) is 11.5 Å². The minimum atomic E-state index is -0.387. The molecule has 0 N–H and O–H groups in total. The van der Waals surface area contributed by atoms with Gasteiger partial charge in [-0.05, 0) is 35.6 Å². The molecule has 0 aromatic heterocycles. The Morgan fingerprint density at radius 2 is 1.73 bits per heavy atom. The lowest BCUT2D eigenvalue weighted by molar-refractivity contribution is 0.515. The van der Waals surface area contributed by atoms with Crippen LogP contribution in [0.3, 0.4) is 0 Å². The van der Waals surface area contributed by atoms with Crippen LogP contribution in [0.25, 0.3) is 0 Å². The van der Waals surface area contributed by atoms with Gasteiger partial charge in [0.1, 0.15) is 11.6 Å². The molecule has 0 saturated heterocycles. The van der Waals surface area contributed by atoms with Crippen LogP contribution in [-0.4, -0.2) is 4.83 Å². The molecule has 0 aliphatic carbocycles. The Labute approximate surface area is 97.8 Å². The molecule has 0 amide bonds. The number of halogens is 3. The van der Waals surface area contributed by atoms with E-state index in [0.717, 1.165) is 6.07 Å². The van der Waals surface area contributed by atoms with E-state index >= 15 is 0 Å². The Balaban J connectivity index is 2.99. The van der Waals surface area contributed by atoms with Gasteiger partial charge in [0.2, 0.25) is 0 Å². The van der Waals surface area contributed by atoms with Gasteiger partial charge in [0.05, 0.1) is 0 Å². The smallest absolute Gasteiger partial charge is 0.126 e. The zero-order chi connectivity index (χ0) is 11.6. The third-order valence-electron chi connectivity index (χ3n) is 2.56. The van der Waals surface area contributed by atoms with Gasteiger partial charge >= 0.3 is 0 Å². The monoisotopic (exact) mass is 276 g/mol. The third kappa shape index (κ3) is 3.00. The summed E-state index contributed by atoms with van der Waals surface area (Å²) >= 11 is 3.51. The molecule has 0 bridgehead atoms. The standard InChI is InChI=1S/C12H15BrF2/c1-7(2)12(13)8(3)10-6-9(14)4-5-11(10)15/h4-8,12H,1-3H3. The van der Waals surface area contributed by atoms with Crippen molar-refractivity contribution in [2.75, 3.05) is 0 Å². The van der Waals surface area contributed by atoms with E-state index in [1.54, 1.807) is 0 Å². The van der Waals surface area contributed by atoms with Crippen LogP contribution in [0.2, 0.25) is 0 Å². The molecule has 1 aromatic rings. The van der Waals surface area contributed by atoms with Crippen LogP contribution in [-0.2, 0) is 0 Å². The fraction of sp³-hybridized carbons (Fsp3) is 0.500. The van der Waals surface area contributed by atoms with Gasteiger partial charge in [0.15, 0.2) is 0 Å². The van der Waals surface area contributed by atoms with E-state index in [2.05, 4.69) is 15.9 Å². The van der Waals surface area contributed by atoms with Crippen LogP contribution in [0, 0.1) is 17.6 Å². The molecule has 15 heavy (non-hydrogen) atoms. The summed E-state index contributed by atoms with van der Waals surface area (Å²) in [5, 5.41) is 0. The summed E-state index contributed by atoms with van der Waals surface area (Å²) in [6.45, 7) is 6.00. The highest BCUT2D eigenvalue weighted by Crippen LogP contribution is 2.31. The van der Waals surface area contributed by atoms with Crippen LogP contribution in [0.5, 0.6) is 0 Å². The highest BCUT2D eigenvalue weighted by Gasteiger charge is 2.22. The molecule has 0 radical (unpaired) electrons. The number of alkyl halides is 1. The van der Waals surface area contributed by atoms with Crippen molar-refractivity contribution >= 4 is 15.9 Å². The van der Waals surface area contributed by atoms with Gasteiger partial charge in [-0.3, -0.25) is 0 Å². The van der Waals surface area contributed by atoms with Crippen molar-refractivity contribution < 1.29 is 8.78 Å². The van der Waals surface area contributed by atoms with Gasteiger partial charge in [-0.1, -0.05) is 36.7 Å². The largest absolute Gasteiger partial charge is 0.207 e. The van der Waals surface area contributed by atoms with E-state index in [1.807, 2.05) is 20.8 Å². The second-order valence-electron chi connectivity index (χ2n) is 4.14. The Bertz CT molecular complexity index is 336. The first kappa shape index (κ1) is 12.6. The molecule has 0 saturated carbocycles. The highest BCUT2D eigenvalue weighted by atomic mass is 79.9. The Morgan fingerprint density at radius 1 is 1.13 bits per heavy atom. The van der Waals surface area contributed by atoms with Crippen LogP contribution >= 0.6 is 15.9 Å². The molecule has 0 aliphatic heterocycles. The maximum atomic E-state index is 13.5. The Morgan fingerprint density at radius 3 is 2.27 bits per heavy atom. The maximum absolute atomic E-state index is 13.5. The van der Waals surface area contributed by atoms with Gasteiger partial charge in [-0.2, -0.15) is 0 Å². The molecule has 0 nitrogen and oxygen atoms in total. The van der Waals surface area contributed by atoms with Gasteiger partial charge in [0.25, 0.3) is 0 Å². The molecule has 1 aromatic carbocycles. The van der Waals surface area contributed by atoms with Crippen LogP contribution in [0.1, 0.15) is 32.3 Å². The van der Waals surface area contributed by atoms with Crippen molar-refractivity contribution in [2.24, 2.45) is 5.92 Å².